The Kier molecular flexibility index (Phi) is 5.53. The molecule has 0 aromatic heterocycles. The minimum absolute atomic E-state index is 0.162. The highest BCUT2D eigenvalue weighted by Gasteiger charge is 2.40. The summed E-state index contributed by atoms with van der Waals surface area (Å²) < 4.78 is 5.42. The van der Waals surface area contributed by atoms with E-state index in [2.05, 4.69) is 18.7 Å². The lowest BCUT2D eigenvalue weighted by Crippen LogP contribution is -2.57. The molecule has 0 radical (unpaired) electrons. The van der Waals surface area contributed by atoms with Crippen LogP contribution in [-0.4, -0.2) is 41.4 Å². The van der Waals surface area contributed by atoms with Crippen molar-refractivity contribution in [3.8, 4) is 0 Å². The third-order valence-electron chi connectivity index (χ3n) is 3.77. The zero-order valence-corrected chi connectivity index (χ0v) is 12.9. The van der Waals surface area contributed by atoms with Gasteiger partial charge in [0.15, 0.2) is 0 Å². The number of esters is 1. The molecule has 0 amide bonds. The summed E-state index contributed by atoms with van der Waals surface area (Å²) in [5, 5.41) is 0. The molecule has 0 aromatic rings. The lowest BCUT2D eigenvalue weighted by Gasteiger charge is -2.41. The highest BCUT2D eigenvalue weighted by atomic mass is 16.6. The van der Waals surface area contributed by atoms with E-state index in [0.29, 0.717) is 18.9 Å². The third kappa shape index (κ3) is 4.60. The lowest BCUT2D eigenvalue weighted by molar-refractivity contribution is -0.178. The molecule has 2 atom stereocenters. The van der Waals surface area contributed by atoms with Crippen LogP contribution in [0.1, 0.15) is 53.9 Å². The SMILES string of the molecule is CCC(C)CC(=O)CC1C(=O)OC(C)(C)CN1CC. The second kappa shape index (κ2) is 6.51. The fourth-order valence-corrected chi connectivity index (χ4v) is 2.50. The quantitative estimate of drug-likeness (QED) is 0.695. The Bertz CT molecular complexity index is 338. The first-order chi connectivity index (χ1) is 8.79. The Labute approximate surface area is 116 Å². The number of likely N-dealkylation sites (N-methyl/N-ethyl adjacent to an activating group) is 1. The molecular weight excluding hydrogens is 242 g/mol. The molecule has 1 aliphatic heterocycles. The van der Waals surface area contributed by atoms with Crippen LogP contribution < -0.4 is 0 Å². The molecule has 2 unspecified atom stereocenters. The van der Waals surface area contributed by atoms with E-state index >= 15 is 0 Å². The highest BCUT2D eigenvalue weighted by molar-refractivity contribution is 5.87. The van der Waals surface area contributed by atoms with Gasteiger partial charge in [-0.25, -0.2) is 0 Å². The summed E-state index contributed by atoms with van der Waals surface area (Å²) in [6.07, 6.45) is 1.83. The van der Waals surface area contributed by atoms with Gasteiger partial charge in [-0.05, 0) is 26.3 Å². The van der Waals surface area contributed by atoms with Crippen molar-refractivity contribution < 1.29 is 14.3 Å². The fraction of sp³-hybridized carbons (Fsp3) is 0.867. The first-order valence-corrected chi connectivity index (χ1v) is 7.27. The van der Waals surface area contributed by atoms with E-state index in [1.54, 1.807) is 0 Å². The highest BCUT2D eigenvalue weighted by Crippen LogP contribution is 2.24. The molecule has 4 nitrogen and oxygen atoms in total. The van der Waals surface area contributed by atoms with Crippen LogP contribution in [0.25, 0.3) is 0 Å². The van der Waals surface area contributed by atoms with Crippen LogP contribution in [0.15, 0.2) is 0 Å². The summed E-state index contributed by atoms with van der Waals surface area (Å²) in [5.41, 5.74) is -0.455. The van der Waals surface area contributed by atoms with Gasteiger partial charge in [-0.15, -0.1) is 0 Å². The number of ether oxygens (including phenoxy) is 1. The minimum atomic E-state index is -0.455. The molecule has 4 heteroatoms. The molecule has 1 fully saturated rings. The fourth-order valence-electron chi connectivity index (χ4n) is 2.50. The Morgan fingerprint density at radius 2 is 2.11 bits per heavy atom. The average molecular weight is 269 g/mol. The third-order valence-corrected chi connectivity index (χ3v) is 3.77. The van der Waals surface area contributed by atoms with Crippen molar-refractivity contribution in [1.29, 1.82) is 0 Å². The van der Waals surface area contributed by atoms with E-state index < -0.39 is 11.6 Å². The van der Waals surface area contributed by atoms with E-state index in [4.69, 9.17) is 4.74 Å². The van der Waals surface area contributed by atoms with Crippen molar-refractivity contribution in [2.75, 3.05) is 13.1 Å². The van der Waals surface area contributed by atoms with Crippen molar-refractivity contribution in [1.82, 2.24) is 4.90 Å². The van der Waals surface area contributed by atoms with Gasteiger partial charge in [0.1, 0.15) is 17.4 Å². The van der Waals surface area contributed by atoms with Gasteiger partial charge in [-0.3, -0.25) is 14.5 Å². The molecule has 0 saturated carbocycles. The summed E-state index contributed by atoms with van der Waals surface area (Å²) in [7, 11) is 0. The molecule has 19 heavy (non-hydrogen) atoms. The normalized spacial score (nSPS) is 24.9. The predicted molar refractivity (Wildman–Crippen MR) is 74.9 cm³/mol. The number of nitrogens with zero attached hydrogens (tertiary/aromatic N) is 1. The van der Waals surface area contributed by atoms with E-state index in [1.807, 2.05) is 20.8 Å². The standard InChI is InChI=1S/C15H27NO3/c1-6-11(3)8-12(17)9-13-14(18)19-15(4,5)10-16(13)7-2/h11,13H,6-10H2,1-5H3. The molecule has 0 spiro atoms. The second-order valence-corrected chi connectivity index (χ2v) is 6.22. The van der Waals surface area contributed by atoms with Gasteiger partial charge in [0.25, 0.3) is 0 Å². The summed E-state index contributed by atoms with van der Waals surface area (Å²) in [6, 6.07) is -0.394. The lowest BCUT2D eigenvalue weighted by atomic mass is 9.95. The van der Waals surface area contributed by atoms with Crippen molar-refractivity contribution in [2.24, 2.45) is 5.92 Å². The zero-order chi connectivity index (χ0) is 14.6. The average Bonchev–Trinajstić information content (AvgIpc) is 2.31. The van der Waals surface area contributed by atoms with Crippen LogP contribution in [-0.2, 0) is 14.3 Å². The first kappa shape index (κ1) is 16.2. The minimum Gasteiger partial charge on any atom is -0.457 e. The molecular formula is C15H27NO3. The molecule has 1 aliphatic rings. The number of carbonyl (C=O) groups is 2. The molecule has 1 rings (SSSR count). The first-order valence-electron chi connectivity index (χ1n) is 7.27. The number of carbonyl (C=O) groups excluding carboxylic acids is 2. The van der Waals surface area contributed by atoms with Gasteiger partial charge in [-0.2, -0.15) is 0 Å². The molecule has 110 valence electrons. The van der Waals surface area contributed by atoms with Crippen molar-refractivity contribution in [3.63, 3.8) is 0 Å². The van der Waals surface area contributed by atoms with Crippen LogP contribution in [0.5, 0.6) is 0 Å². The molecule has 0 aromatic carbocycles. The van der Waals surface area contributed by atoms with Crippen LogP contribution >= 0.6 is 0 Å². The number of ketones is 1. The maximum atomic E-state index is 12.1. The maximum absolute atomic E-state index is 12.1. The number of rotatable bonds is 6. The summed E-state index contributed by atoms with van der Waals surface area (Å²) in [6.45, 7) is 11.4. The van der Waals surface area contributed by atoms with Gasteiger partial charge >= 0.3 is 5.97 Å². The molecule has 0 aliphatic carbocycles. The van der Waals surface area contributed by atoms with Gasteiger partial charge in [0.05, 0.1) is 0 Å². The number of hydrogen-bond acceptors (Lipinski definition) is 4. The van der Waals surface area contributed by atoms with E-state index in [0.717, 1.165) is 13.0 Å². The molecule has 0 N–H and O–H groups in total. The van der Waals surface area contributed by atoms with Crippen molar-refractivity contribution in [3.05, 3.63) is 0 Å². The molecule has 1 heterocycles. The molecule has 1 saturated heterocycles. The van der Waals surface area contributed by atoms with Crippen LogP contribution in [0.4, 0.5) is 0 Å². The van der Waals surface area contributed by atoms with Gasteiger partial charge in [0, 0.05) is 19.4 Å². The van der Waals surface area contributed by atoms with Crippen molar-refractivity contribution in [2.45, 2.75) is 65.5 Å². The van der Waals surface area contributed by atoms with Gasteiger partial charge < -0.3 is 4.74 Å². The summed E-state index contributed by atoms with van der Waals surface area (Å²) >= 11 is 0. The second-order valence-electron chi connectivity index (χ2n) is 6.22. The monoisotopic (exact) mass is 269 g/mol. The number of cyclic esters (lactones) is 1. The van der Waals surface area contributed by atoms with E-state index in [1.165, 1.54) is 0 Å². The smallest absolute Gasteiger partial charge is 0.324 e. The number of hydrogen-bond donors (Lipinski definition) is 0. The Hall–Kier alpha value is -0.900. The van der Waals surface area contributed by atoms with Crippen molar-refractivity contribution >= 4 is 11.8 Å². The summed E-state index contributed by atoms with van der Waals surface area (Å²) in [4.78, 5) is 26.1. The Balaban J connectivity index is 2.65. The van der Waals surface area contributed by atoms with E-state index in [9.17, 15) is 9.59 Å². The zero-order valence-electron chi connectivity index (χ0n) is 12.9. The number of Topliss-reactive ketones (excluding diaryl/α,β-unsaturated/α-hetero) is 1. The topological polar surface area (TPSA) is 46.6 Å². The van der Waals surface area contributed by atoms with Gasteiger partial charge in [0.2, 0.25) is 0 Å². The van der Waals surface area contributed by atoms with E-state index in [-0.39, 0.29) is 18.2 Å². The number of morpholine rings is 1. The Morgan fingerprint density at radius 1 is 1.47 bits per heavy atom. The van der Waals surface area contributed by atoms with Gasteiger partial charge in [-0.1, -0.05) is 27.2 Å². The predicted octanol–water partition coefficient (Wildman–Crippen LogP) is 2.41. The van der Waals surface area contributed by atoms with Crippen LogP contribution in [0.2, 0.25) is 0 Å². The van der Waals surface area contributed by atoms with Crippen LogP contribution in [0.3, 0.4) is 0 Å². The maximum Gasteiger partial charge on any atom is 0.324 e. The largest absolute Gasteiger partial charge is 0.457 e. The Morgan fingerprint density at radius 3 is 2.63 bits per heavy atom. The van der Waals surface area contributed by atoms with Crippen LogP contribution in [0, 0.1) is 5.92 Å². The molecule has 0 bridgehead atoms. The summed E-state index contributed by atoms with van der Waals surface area (Å²) in [5.74, 6) is 0.295.